The predicted molar refractivity (Wildman–Crippen MR) is 113 cm³/mol. The van der Waals surface area contributed by atoms with E-state index in [9.17, 15) is 0 Å². The van der Waals surface area contributed by atoms with E-state index in [0.717, 1.165) is 0 Å². The molecule has 0 amide bonds. The van der Waals surface area contributed by atoms with Gasteiger partial charge in [0.1, 0.15) is 0 Å². The molecule has 0 aromatic carbocycles. The van der Waals surface area contributed by atoms with Crippen molar-refractivity contribution in [2.75, 3.05) is 0 Å². The maximum absolute atomic E-state index is 2.41. The van der Waals surface area contributed by atoms with Gasteiger partial charge in [0, 0.05) is 0 Å². The van der Waals surface area contributed by atoms with Crippen molar-refractivity contribution in [2.45, 2.75) is 142 Å². The zero-order chi connectivity index (χ0) is 17.6. The molecule has 0 aromatic heterocycles. The van der Waals surface area contributed by atoms with E-state index < -0.39 is 0 Å². The van der Waals surface area contributed by atoms with Crippen LogP contribution < -0.4 is 0 Å². The SMILES string of the molecule is CCCCCC=CCCCCCCCCCCCCCCCCC. The van der Waals surface area contributed by atoms with Gasteiger partial charge in [-0.1, -0.05) is 129 Å². The molecule has 0 bridgehead atoms. The number of unbranched alkanes of at least 4 members (excludes halogenated alkanes) is 18. The number of hydrogen-bond donors (Lipinski definition) is 0. The molecule has 0 N–H and O–H groups in total. The van der Waals surface area contributed by atoms with Crippen LogP contribution in [0.5, 0.6) is 0 Å². The molecule has 0 radical (unpaired) electrons. The summed E-state index contributed by atoms with van der Waals surface area (Å²) in [4.78, 5) is 0. The lowest BCUT2D eigenvalue weighted by atomic mass is 10.0. The van der Waals surface area contributed by atoms with Crippen molar-refractivity contribution in [3.05, 3.63) is 12.2 Å². The Morgan fingerprint density at radius 1 is 0.333 bits per heavy atom. The Balaban J connectivity index is 3.00. The molecular formula is C24H48. The van der Waals surface area contributed by atoms with E-state index in [-0.39, 0.29) is 0 Å². The second-order valence-corrected chi connectivity index (χ2v) is 7.71. The summed E-state index contributed by atoms with van der Waals surface area (Å²) < 4.78 is 0. The van der Waals surface area contributed by atoms with Crippen molar-refractivity contribution < 1.29 is 0 Å². The molecule has 0 rings (SSSR count). The Kier molecular flexibility index (Phi) is 22.5. The summed E-state index contributed by atoms with van der Waals surface area (Å²) in [6.45, 7) is 4.58. The van der Waals surface area contributed by atoms with Crippen LogP contribution in [0.2, 0.25) is 0 Å². The predicted octanol–water partition coefficient (Wildman–Crippen LogP) is 9.38. The fraction of sp³-hybridized carbons (Fsp3) is 0.917. The molecule has 0 aliphatic heterocycles. The van der Waals surface area contributed by atoms with E-state index in [2.05, 4.69) is 26.0 Å². The molecule has 0 heteroatoms. The molecule has 0 aromatic rings. The molecule has 0 aliphatic rings. The normalized spacial score (nSPS) is 11.6. The highest BCUT2D eigenvalue weighted by Gasteiger charge is 1.94. The van der Waals surface area contributed by atoms with Crippen LogP contribution in [0.3, 0.4) is 0 Å². The minimum atomic E-state index is 1.30. The van der Waals surface area contributed by atoms with Crippen molar-refractivity contribution in [1.82, 2.24) is 0 Å². The van der Waals surface area contributed by atoms with Crippen LogP contribution in [0.4, 0.5) is 0 Å². The van der Waals surface area contributed by atoms with Crippen LogP contribution in [0, 0.1) is 0 Å². The van der Waals surface area contributed by atoms with E-state index in [0.29, 0.717) is 0 Å². The summed E-state index contributed by atoms with van der Waals surface area (Å²) >= 11 is 0. The average Bonchev–Trinajstić information content (AvgIpc) is 2.60. The van der Waals surface area contributed by atoms with Gasteiger partial charge in [-0.3, -0.25) is 0 Å². The van der Waals surface area contributed by atoms with Gasteiger partial charge < -0.3 is 0 Å². The van der Waals surface area contributed by atoms with E-state index >= 15 is 0 Å². The quantitative estimate of drug-likeness (QED) is 0.153. The van der Waals surface area contributed by atoms with Gasteiger partial charge in [0.05, 0.1) is 0 Å². The van der Waals surface area contributed by atoms with Crippen LogP contribution in [0.25, 0.3) is 0 Å². The van der Waals surface area contributed by atoms with Gasteiger partial charge in [-0.2, -0.15) is 0 Å². The standard InChI is InChI=1S/C24H48/c1-3-5-7-9-11-13-15-17-19-21-23-24-22-20-18-16-14-12-10-8-6-4-2/h11,13H,3-10,12,14-24H2,1-2H3. The van der Waals surface area contributed by atoms with Gasteiger partial charge in [-0.25, -0.2) is 0 Å². The van der Waals surface area contributed by atoms with Crippen LogP contribution in [0.15, 0.2) is 12.2 Å². The molecule has 0 nitrogen and oxygen atoms in total. The van der Waals surface area contributed by atoms with E-state index in [1.807, 2.05) is 0 Å². The molecule has 0 aliphatic carbocycles. The monoisotopic (exact) mass is 336 g/mol. The largest absolute Gasteiger partial charge is 0.0885 e. The number of allylic oxidation sites excluding steroid dienone is 2. The third-order valence-corrected chi connectivity index (χ3v) is 5.12. The van der Waals surface area contributed by atoms with Crippen LogP contribution in [0.1, 0.15) is 142 Å². The lowest BCUT2D eigenvalue weighted by Gasteiger charge is -2.03. The van der Waals surface area contributed by atoms with Crippen molar-refractivity contribution in [3.63, 3.8) is 0 Å². The van der Waals surface area contributed by atoms with Crippen molar-refractivity contribution in [1.29, 1.82) is 0 Å². The molecule has 144 valence electrons. The lowest BCUT2D eigenvalue weighted by molar-refractivity contribution is 0.533. The summed E-state index contributed by atoms with van der Waals surface area (Å²) in [5.41, 5.74) is 0. The van der Waals surface area contributed by atoms with Crippen LogP contribution in [-0.4, -0.2) is 0 Å². The fourth-order valence-electron chi connectivity index (χ4n) is 3.38. The minimum absolute atomic E-state index is 1.30. The van der Waals surface area contributed by atoms with Crippen molar-refractivity contribution in [3.8, 4) is 0 Å². The molecule has 0 atom stereocenters. The molecular weight excluding hydrogens is 288 g/mol. The van der Waals surface area contributed by atoms with E-state index in [1.54, 1.807) is 0 Å². The second-order valence-electron chi connectivity index (χ2n) is 7.71. The molecule has 0 saturated carbocycles. The number of hydrogen-bond acceptors (Lipinski definition) is 0. The molecule has 0 unspecified atom stereocenters. The highest BCUT2D eigenvalue weighted by molar-refractivity contribution is 4.81. The second kappa shape index (κ2) is 22.7. The summed E-state index contributed by atoms with van der Waals surface area (Å²) in [5.74, 6) is 0. The Morgan fingerprint density at radius 2 is 0.583 bits per heavy atom. The lowest BCUT2D eigenvalue weighted by Crippen LogP contribution is -1.83. The van der Waals surface area contributed by atoms with Crippen LogP contribution >= 0.6 is 0 Å². The van der Waals surface area contributed by atoms with Gasteiger partial charge >= 0.3 is 0 Å². The maximum atomic E-state index is 2.41. The topological polar surface area (TPSA) is 0 Å². The first kappa shape index (κ1) is 23.7. The zero-order valence-corrected chi connectivity index (χ0v) is 17.3. The summed E-state index contributed by atoms with van der Waals surface area (Å²) in [7, 11) is 0. The van der Waals surface area contributed by atoms with Gasteiger partial charge in [-0.15, -0.1) is 0 Å². The Labute approximate surface area is 154 Å². The van der Waals surface area contributed by atoms with E-state index in [1.165, 1.54) is 128 Å². The van der Waals surface area contributed by atoms with E-state index in [4.69, 9.17) is 0 Å². The molecule has 0 saturated heterocycles. The van der Waals surface area contributed by atoms with Crippen molar-refractivity contribution >= 4 is 0 Å². The Morgan fingerprint density at radius 3 is 0.958 bits per heavy atom. The van der Waals surface area contributed by atoms with Gasteiger partial charge in [0.25, 0.3) is 0 Å². The Bertz CT molecular complexity index is 228. The molecule has 0 heterocycles. The smallest absolute Gasteiger partial charge is 0.0351 e. The minimum Gasteiger partial charge on any atom is -0.0885 e. The highest BCUT2D eigenvalue weighted by atomic mass is 14.0. The summed E-state index contributed by atoms with van der Waals surface area (Å²) in [6, 6.07) is 0. The summed E-state index contributed by atoms with van der Waals surface area (Å²) in [5, 5.41) is 0. The van der Waals surface area contributed by atoms with Gasteiger partial charge in [0.2, 0.25) is 0 Å². The first-order valence-corrected chi connectivity index (χ1v) is 11.6. The molecule has 24 heavy (non-hydrogen) atoms. The van der Waals surface area contributed by atoms with Gasteiger partial charge in [0.15, 0.2) is 0 Å². The highest BCUT2D eigenvalue weighted by Crippen LogP contribution is 2.13. The number of rotatable bonds is 20. The maximum Gasteiger partial charge on any atom is -0.0351 e. The van der Waals surface area contributed by atoms with Crippen LogP contribution in [-0.2, 0) is 0 Å². The third kappa shape index (κ3) is 21.7. The Hall–Kier alpha value is -0.260. The molecule has 0 fully saturated rings. The fourth-order valence-corrected chi connectivity index (χ4v) is 3.38. The van der Waals surface area contributed by atoms with Gasteiger partial charge in [-0.05, 0) is 25.7 Å². The average molecular weight is 337 g/mol. The third-order valence-electron chi connectivity index (χ3n) is 5.12. The molecule has 0 spiro atoms. The first-order valence-electron chi connectivity index (χ1n) is 11.6. The first-order chi connectivity index (χ1) is 11.9. The summed E-state index contributed by atoms with van der Waals surface area (Å²) in [6.07, 6.45) is 33.4. The van der Waals surface area contributed by atoms with Crippen molar-refractivity contribution in [2.24, 2.45) is 0 Å². The zero-order valence-electron chi connectivity index (χ0n) is 17.3.